The van der Waals surface area contributed by atoms with Crippen LogP contribution in [0.4, 0.5) is 5.69 Å². The van der Waals surface area contributed by atoms with Gasteiger partial charge in [0.1, 0.15) is 0 Å². The summed E-state index contributed by atoms with van der Waals surface area (Å²) in [5, 5.41) is 8.32. The van der Waals surface area contributed by atoms with E-state index in [-0.39, 0.29) is 17.7 Å². The average Bonchev–Trinajstić information content (AvgIpc) is 2.66. The first-order chi connectivity index (χ1) is 13.0. The topological polar surface area (TPSA) is 87.3 Å². The number of nitrogens with one attached hydrogen (secondary N) is 3. The van der Waals surface area contributed by atoms with Crippen LogP contribution in [0.1, 0.15) is 46.0 Å². The lowest BCUT2D eigenvalue weighted by atomic mass is 10.1. The minimum Gasteiger partial charge on any atom is -0.350 e. The Balaban J connectivity index is 1.76. The highest BCUT2D eigenvalue weighted by Crippen LogP contribution is 2.10. The molecule has 0 radical (unpaired) electrons. The maximum atomic E-state index is 12.1. The maximum absolute atomic E-state index is 12.1. The lowest BCUT2D eigenvalue weighted by Gasteiger charge is -2.09. The molecule has 2 aromatic carbocycles. The minimum atomic E-state index is -0.230. The van der Waals surface area contributed by atoms with Crippen molar-refractivity contribution in [2.75, 3.05) is 18.4 Å². The third-order valence-electron chi connectivity index (χ3n) is 3.99. The summed E-state index contributed by atoms with van der Waals surface area (Å²) in [5.41, 5.74) is 2.69. The molecule has 0 bridgehead atoms. The molecule has 0 fully saturated rings. The van der Waals surface area contributed by atoms with Crippen molar-refractivity contribution in [2.24, 2.45) is 0 Å². The number of carbonyl (C=O) groups is 3. The molecule has 0 unspecified atom stereocenters. The highest BCUT2D eigenvalue weighted by molar-refractivity contribution is 5.96. The van der Waals surface area contributed by atoms with E-state index in [9.17, 15) is 14.4 Å². The molecule has 2 rings (SSSR count). The molecule has 0 atom stereocenters. The maximum Gasteiger partial charge on any atom is 0.251 e. The van der Waals surface area contributed by atoms with Crippen LogP contribution < -0.4 is 16.0 Å². The van der Waals surface area contributed by atoms with Gasteiger partial charge in [-0.3, -0.25) is 14.4 Å². The summed E-state index contributed by atoms with van der Waals surface area (Å²) in [6.07, 6.45) is 1.25. The quantitative estimate of drug-likeness (QED) is 0.627. The van der Waals surface area contributed by atoms with Gasteiger partial charge in [0.15, 0.2) is 0 Å². The van der Waals surface area contributed by atoms with E-state index >= 15 is 0 Å². The van der Waals surface area contributed by atoms with Gasteiger partial charge in [-0.1, -0.05) is 25.1 Å². The van der Waals surface area contributed by atoms with Crippen molar-refractivity contribution >= 4 is 23.4 Å². The molecule has 0 aromatic heterocycles. The Morgan fingerprint density at radius 3 is 2.11 bits per heavy atom. The number of aryl methyl sites for hydroxylation is 1. The van der Waals surface area contributed by atoms with Crippen molar-refractivity contribution in [3.8, 4) is 0 Å². The van der Waals surface area contributed by atoms with E-state index in [1.54, 1.807) is 30.3 Å². The van der Waals surface area contributed by atoms with Crippen molar-refractivity contribution in [3.05, 3.63) is 65.2 Å². The minimum absolute atomic E-state index is 0.0425. The largest absolute Gasteiger partial charge is 0.350 e. The van der Waals surface area contributed by atoms with Crippen molar-refractivity contribution < 1.29 is 14.4 Å². The van der Waals surface area contributed by atoms with Crippen molar-refractivity contribution in [1.29, 1.82) is 0 Å². The Labute approximate surface area is 159 Å². The summed E-state index contributed by atoms with van der Waals surface area (Å²) >= 11 is 0. The fourth-order valence-corrected chi connectivity index (χ4v) is 2.53. The Morgan fingerprint density at radius 1 is 0.852 bits per heavy atom. The molecule has 0 aliphatic heterocycles. The molecule has 6 nitrogen and oxygen atoms in total. The average molecular weight is 367 g/mol. The number of benzene rings is 2. The first kappa shape index (κ1) is 20.2. The Hall–Kier alpha value is -3.15. The second-order valence-electron chi connectivity index (χ2n) is 6.20. The predicted molar refractivity (Wildman–Crippen MR) is 106 cm³/mol. The normalized spacial score (nSPS) is 10.1. The molecule has 0 aliphatic carbocycles. The van der Waals surface area contributed by atoms with Gasteiger partial charge in [0, 0.05) is 36.3 Å². The SMILES string of the molecule is CCCC(=O)Nc1ccc(C(=O)NCCNC(=O)c2ccccc2C)cc1. The van der Waals surface area contributed by atoms with Crippen LogP contribution in [0.5, 0.6) is 0 Å². The van der Waals surface area contributed by atoms with Gasteiger partial charge in [-0.15, -0.1) is 0 Å². The molecule has 0 saturated heterocycles. The number of hydrogen-bond acceptors (Lipinski definition) is 3. The molecule has 27 heavy (non-hydrogen) atoms. The van der Waals surface area contributed by atoms with Crippen LogP contribution in [0.25, 0.3) is 0 Å². The Bertz CT molecular complexity index is 801. The summed E-state index contributed by atoms with van der Waals surface area (Å²) in [5.74, 6) is -0.430. The van der Waals surface area contributed by atoms with Crippen LogP contribution in [0.15, 0.2) is 48.5 Å². The Morgan fingerprint density at radius 2 is 1.48 bits per heavy atom. The fraction of sp³-hybridized carbons (Fsp3) is 0.286. The van der Waals surface area contributed by atoms with E-state index < -0.39 is 0 Å². The number of anilines is 1. The van der Waals surface area contributed by atoms with Gasteiger partial charge < -0.3 is 16.0 Å². The van der Waals surface area contributed by atoms with E-state index in [1.165, 1.54) is 0 Å². The molecule has 3 N–H and O–H groups in total. The van der Waals surface area contributed by atoms with Crippen LogP contribution in [-0.4, -0.2) is 30.8 Å². The molecular formula is C21H25N3O3. The molecular weight excluding hydrogens is 342 g/mol. The van der Waals surface area contributed by atoms with Crippen LogP contribution >= 0.6 is 0 Å². The lowest BCUT2D eigenvalue weighted by Crippen LogP contribution is -2.34. The van der Waals surface area contributed by atoms with Gasteiger partial charge >= 0.3 is 0 Å². The van der Waals surface area contributed by atoms with Gasteiger partial charge in [0.05, 0.1) is 0 Å². The summed E-state index contributed by atoms with van der Waals surface area (Å²) < 4.78 is 0. The zero-order chi connectivity index (χ0) is 19.6. The highest BCUT2D eigenvalue weighted by Gasteiger charge is 2.09. The predicted octanol–water partition coefficient (Wildman–Crippen LogP) is 2.89. The van der Waals surface area contributed by atoms with Gasteiger partial charge in [-0.25, -0.2) is 0 Å². The third kappa shape index (κ3) is 6.26. The molecule has 0 heterocycles. The van der Waals surface area contributed by atoms with Crippen LogP contribution in [0, 0.1) is 6.92 Å². The fourth-order valence-electron chi connectivity index (χ4n) is 2.53. The van der Waals surface area contributed by atoms with Crippen LogP contribution in [-0.2, 0) is 4.79 Å². The van der Waals surface area contributed by atoms with Gasteiger partial charge in [0.25, 0.3) is 11.8 Å². The second kappa shape index (κ2) is 10.1. The van der Waals surface area contributed by atoms with Crippen LogP contribution in [0.3, 0.4) is 0 Å². The zero-order valence-corrected chi connectivity index (χ0v) is 15.7. The standard InChI is InChI=1S/C21H25N3O3/c1-3-6-19(25)24-17-11-9-16(10-12-17)20(26)22-13-14-23-21(27)18-8-5-4-7-15(18)2/h4-5,7-12H,3,6,13-14H2,1-2H3,(H,22,26)(H,23,27)(H,24,25). The van der Waals surface area contributed by atoms with Crippen molar-refractivity contribution in [3.63, 3.8) is 0 Å². The number of amides is 3. The van der Waals surface area contributed by atoms with Crippen LogP contribution in [0.2, 0.25) is 0 Å². The number of rotatable bonds is 8. The lowest BCUT2D eigenvalue weighted by molar-refractivity contribution is -0.116. The smallest absolute Gasteiger partial charge is 0.251 e. The van der Waals surface area contributed by atoms with Crippen molar-refractivity contribution in [1.82, 2.24) is 10.6 Å². The summed E-state index contributed by atoms with van der Waals surface area (Å²) in [7, 11) is 0. The molecule has 3 amide bonds. The summed E-state index contributed by atoms with van der Waals surface area (Å²) in [6, 6.07) is 14.1. The van der Waals surface area contributed by atoms with Gasteiger partial charge in [-0.05, 0) is 49.2 Å². The zero-order valence-electron chi connectivity index (χ0n) is 15.7. The first-order valence-electron chi connectivity index (χ1n) is 9.03. The molecule has 0 spiro atoms. The summed E-state index contributed by atoms with van der Waals surface area (Å²) in [6.45, 7) is 4.48. The second-order valence-corrected chi connectivity index (χ2v) is 6.20. The third-order valence-corrected chi connectivity index (χ3v) is 3.99. The first-order valence-corrected chi connectivity index (χ1v) is 9.03. The number of hydrogen-bond donors (Lipinski definition) is 3. The number of carbonyl (C=O) groups excluding carboxylic acids is 3. The highest BCUT2D eigenvalue weighted by atomic mass is 16.2. The monoisotopic (exact) mass is 367 g/mol. The van der Waals surface area contributed by atoms with E-state index in [1.807, 2.05) is 32.0 Å². The molecule has 2 aromatic rings. The molecule has 0 aliphatic rings. The molecule has 6 heteroatoms. The summed E-state index contributed by atoms with van der Waals surface area (Å²) in [4.78, 5) is 35.8. The van der Waals surface area contributed by atoms with Crippen molar-refractivity contribution in [2.45, 2.75) is 26.7 Å². The van der Waals surface area contributed by atoms with E-state index in [0.29, 0.717) is 36.3 Å². The van der Waals surface area contributed by atoms with Gasteiger partial charge in [-0.2, -0.15) is 0 Å². The molecule has 142 valence electrons. The van der Waals surface area contributed by atoms with E-state index in [0.717, 1.165) is 12.0 Å². The van der Waals surface area contributed by atoms with E-state index in [2.05, 4.69) is 16.0 Å². The molecule has 0 saturated carbocycles. The Kier molecular flexibility index (Phi) is 7.55. The van der Waals surface area contributed by atoms with Gasteiger partial charge in [0.2, 0.25) is 5.91 Å². The van der Waals surface area contributed by atoms with E-state index in [4.69, 9.17) is 0 Å².